The smallest absolute Gasteiger partial charge is 0.0983 e. The van der Waals surface area contributed by atoms with E-state index in [0.29, 0.717) is 0 Å². The highest BCUT2D eigenvalue weighted by molar-refractivity contribution is 7.98. The molecule has 0 bridgehead atoms. The minimum Gasteiger partial charge on any atom is -0.277 e. The van der Waals surface area contributed by atoms with Gasteiger partial charge >= 0.3 is 0 Å². The van der Waals surface area contributed by atoms with Crippen LogP contribution < -0.4 is 0 Å². The quantitative estimate of drug-likeness (QED) is 0.724. The Morgan fingerprint density at radius 1 is 1.25 bits per heavy atom. The minimum atomic E-state index is 0.770. The van der Waals surface area contributed by atoms with Crippen molar-refractivity contribution in [3.05, 3.63) is 53.3 Å². The van der Waals surface area contributed by atoms with Crippen molar-refractivity contribution in [3.8, 4) is 22.5 Å². The second-order valence-corrected chi connectivity index (χ2v) is 6.05. The molecule has 1 N–H and O–H groups in total. The van der Waals surface area contributed by atoms with Gasteiger partial charge in [0.2, 0.25) is 0 Å². The summed E-state index contributed by atoms with van der Waals surface area (Å²) in [5.41, 5.74) is 5.53. The summed E-state index contributed by atoms with van der Waals surface area (Å²) in [6, 6.07) is 9.94. The number of halogens is 1. The maximum absolute atomic E-state index is 6.06. The van der Waals surface area contributed by atoms with Crippen LogP contribution in [0.1, 0.15) is 5.56 Å². The molecule has 0 spiro atoms. The fraction of sp³-hybridized carbons (Fsp3) is 0.0667. The van der Waals surface area contributed by atoms with E-state index in [0.717, 1.165) is 27.7 Å². The van der Waals surface area contributed by atoms with Gasteiger partial charge in [0.1, 0.15) is 0 Å². The molecule has 4 rings (SSSR count). The van der Waals surface area contributed by atoms with E-state index in [2.05, 4.69) is 15.2 Å². The normalized spacial score (nSPS) is 12.8. The van der Waals surface area contributed by atoms with E-state index < -0.39 is 0 Å². The van der Waals surface area contributed by atoms with Crippen LogP contribution in [0.25, 0.3) is 22.5 Å². The first-order chi connectivity index (χ1) is 9.83. The number of fused-ring (bicyclic) bond motifs is 3. The number of benzene rings is 1. The second kappa shape index (κ2) is 4.65. The zero-order valence-electron chi connectivity index (χ0n) is 10.4. The predicted molar refractivity (Wildman–Crippen MR) is 81.8 cm³/mol. The molecular weight excluding hydrogens is 290 g/mol. The monoisotopic (exact) mass is 299 g/mol. The lowest BCUT2D eigenvalue weighted by molar-refractivity contribution is 1.09. The van der Waals surface area contributed by atoms with Gasteiger partial charge in [-0.3, -0.25) is 10.1 Å². The van der Waals surface area contributed by atoms with Gasteiger partial charge in [-0.1, -0.05) is 17.7 Å². The average molecular weight is 300 g/mol. The third kappa shape index (κ3) is 1.84. The number of aromatic amines is 1. The van der Waals surface area contributed by atoms with E-state index in [1.165, 1.54) is 16.0 Å². The molecule has 3 nitrogen and oxygen atoms in total. The Balaban J connectivity index is 1.89. The van der Waals surface area contributed by atoms with E-state index >= 15 is 0 Å². The van der Waals surface area contributed by atoms with Crippen LogP contribution in [0.4, 0.5) is 0 Å². The van der Waals surface area contributed by atoms with Gasteiger partial charge < -0.3 is 0 Å². The number of thioether (sulfide) groups is 1. The van der Waals surface area contributed by atoms with Crippen LogP contribution in [-0.2, 0) is 5.75 Å². The fourth-order valence-electron chi connectivity index (χ4n) is 2.44. The number of nitrogens with zero attached hydrogens (tertiary/aromatic N) is 2. The van der Waals surface area contributed by atoms with Crippen molar-refractivity contribution in [1.82, 2.24) is 15.2 Å². The molecule has 0 saturated heterocycles. The van der Waals surface area contributed by atoms with Crippen molar-refractivity contribution < 1.29 is 0 Å². The number of H-pyrrole nitrogens is 1. The largest absolute Gasteiger partial charge is 0.277 e. The number of hydrogen-bond acceptors (Lipinski definition) is 3. The number of hydrogen-bond donors (Lipinski definition) is 1. The first-order valence-electron chi connectivity index (χ1n) is 6.23. The average Bonchev–Trinajstić information content (AvgIpc) is 2.92. The molecule has 5 heteroatoms. The highest BCUT2D eigenvalue weighted by atomic mass is 35.5. The van der Waals surface area contributed by atoms with E-state index in [1.54, 1.807) is 18.0 Å². The predicted octanol–water partition coefficient (Wildman–Crippen LogP) is 4.40. The molecule has 0 unspecified atom stereocenters. The van der Waals surface area contributed by atoms with Gasteiger partial charge in [-0.15, -0.1) is 11.8 Å². The van der Waals surface area contributed by atoms with Crippen molar-refractivity contribution in [3.63, 3.8) is 0 Å². The Labute approximate surface area is 125 Å². The lowest BCUT2D eigenvalue weighted by atomic mass is 10.0. The molecule has 98 valence electrons. The maximum Gasteiger partial charge on any atom is 0.0983 e. The molecule has 1 aromatic carbocycles. The Kier molecular flexibility index (Phi) is 2.79. The van der Waals surface area contributed by atoms with Gasteiger partial charge in [0.15, 0.2) is 0 Å². The lowest BCUT2D eigenvalue weighted by Crippen LogP contribution is -1.95. The number of nitrogens with one attached hydrogen (secondary N) is 1. The molecule has 0 radical (unpaired) electrons. The van der Waals surface area contributed by atoms with Gasteiger partial charge in [0.05, 0.1) is 11.4 Å². The maximum atomic E-state index is 6.06. The van der Waals surface area contributed by atoms with E-state index in [-0.39, 0.29) is 0 Å². The second-order valence-electron chi connectivity index (χ2n) is 4.60. The Hall–Kier alpha value is -1.78. The highest BCUT2D eigenvalue weighted by Gasteiger charge is 2.23. The third-order valence-corrected chi connectivity index (χ3v) is 4.70. The summed E-state index contributed by atoms with van der Waals surface area (Å²) >= 11 is 7.85. The van der Waals surface area contributed by atoms with Crippen LogP contribution in [0, 0.1) is 0 Å². The first-order valence-corrected chi connectivity index (χ1v) is 7.59. The molecule has 1 aliphatic rings. The summed E-state index contributed by atoms with van der Waals surface area (Å²) < 4.78 is 0. The summed E-state index contributed by atoms with van der Waals surface area (Å²) in [7, 11) is 0. The SMILES string of the molecule is Clc1ccc2c(c1)SCc1c(-c3cccnc3)n[nH]c1-2. The highest BCUT2D eigenvalue weighted by Crippen LogP contribution is 2.44. The Morgan fingerprint density at radius 3 is 3.05 bits per heavy atom. The molecule has 20 heavy (non-hydrogen) atoms. The number of aromatic nitrogens is 3. The third-order valence-electron chi connectivity index (χ3n) is 3.39. The summed E-state index contributed by atoms with van der Waals surface area (Å²) in [5.74, 6) is 0.892. The molecule has 0 aliphatic carbocycles. The van der Waals surface area contributed by atoms with Gasteiger partial charge in [0.25, 0.3) is 0 Å². The standard InChI is InChI=1S/C15H10ClN3S/c16-10-3-4-11-13(6-10)20-8-12-14(18-19-15(11)12)9-2-1-5-17-7-9/h1-7H,8H2,(H,18,19). The van der Waals surface area contributed by atoms with Gasteiger partial charge in [-0.05, 0) is 24.3 Å². The van der Waals surface area contributed by atoms with Crippen LogP contribution in [0.5, 0.6) is 0 Å². The Bertz CT molecular complexity index is 783. The zero-order chi connectivity index (χ0) is 13.5. The summed E-state index contributed by atoms with van der Waals surface area (Å²) in [6.45, 7) is 0. The lowest BCUT2D eigenvalue weighted by Gasteiger charge is -2.16. The van der Waals surface area contributed by atoms with Crippen molar-refractivity contribution in [1.29, 1.82) is 0 Å². The zero-order valence-corrected chi connectivity index (χ0v) is 12.0. The van der Waals surface area contributed by atoms with E-state index in [1.807, 2.05) is 36.5 Å². The molecule has 0 atom stereocenters. The van der Waals surface area contributed by atoms with E-state index in [4.69, 9.17) is 11.6 Å². The van der Waals surface area contributed by atoms with Crippen LogP contribution in [0.3, 0.4) is 0 Å². The summed E-state index contributed by atoms with van der Waals surface area (Å²) in [4.78, 5) is 5.37. The van der Waals surface area contributed by atoms with E-state index in [9.17, 15) is 0 Å². The van der Waals surface area contributed by atoms with Gasteiger partial charge in [-0.25, -0.2) is 0 Å². The van der Waals surface area contributed by atoms with Crippen molar-refractivity contribution in [2.24, 2.45) is 0 Å². The molecule has 3 heterocycles. The Morgan fingerprint density at radius 2 is 2.20 bits per heavy atom. The van der Waals surface area contributed by atoms with Crippen LogP contribution in [-0.4, -0.2) is 15.2 Å². The fourth-order valence-corrected chi connectivity index (χ4v) is 3.80. The summed E-state index contributed by atoms with van der Waals surface area (Å²) in [5, 5.41) is 8.41. The van der Waals surface area contributed by atoms with Gasteiger partial charge in [-0.2, -0.15) is 5.10 Å². The molecule has 0 amide bonds. The van der Waals surface area contributed by atoms with Gasteiger partial charge in [0, 0.05) is 44.8 Å². The van der Waals surface area contributed by atoms with Crippen molar-refractivity contribution in [2.75, 3.05) is 0 Å². The molecule has 1 aliphatic heterocycles. The molecular formula is C15H10ClN3S. The topological polar surface area (TPSA) is 41.6 Å². The van der Waals surface area contributed by atoms with Crippen LogP contribution >= 0.6 is 23.4 Å². The molecule has 2 aromatic heterocycles. The minimum absolute atomic E-state index is 0.770. The van der Waals surface area contributed by atoms with Crippen molar-refractivity contribution in [2.45, 2.75) is 10.6 Å². The molecule has 0 saturated carbocycles. The van der Waals surface area contributed by atoms with Crippen LogP contribution in [0.2, 0.25) is 5.02 Å². The summed E-state index contributed by atoms with van der Waals surface area (Å²) in [6.07, 6.45) is 3.62. The number of rotatable bonds is 1. The van der Waals surface area contributed by atoms with Crippen molar-refractivity contribution >= 4 is 23.4 Å². The molecule has 0 fully saturated rings. The first kappa shape index (κ1) is 12.0. The van der Waals surface area contributed by atoms with Crippen LogP contribution in [0.15, 0.2) is 47.6 Å². The molecule has 3 aromatic rings. The number of pyridine rings is 1.